The van der Waals surface area contributed by atoms with Crippen LogP contribution in [0.3, 0.4) is 0 Å². The second-order valence-corrected chi connectivity index (χ2v) is 13.0. The van der Waals surface area contributed by atoms with E-state index in [1.54, 1.807) is 42.0 Å². The van der Waals surface area contributed by atoms with Crippen molar-refractivity contribution in [2.75, 3.05) is 33.9 Å². The van der Waals surface area contributed by atoms with Crippen LogP contribution >= 0.6 is 11.3 Å². The van der Waals surface area contributed by atoms with Gasteiger partial charge >= 0.3 is 0 Å². The van der Waals surface area contributed by atoms with E-state index in [0.717, 1.165) is 59.7 Å². The summed E-state index contributed by atoms with van der Waals surface area (Å²) in [5, 5.41) is 2.08. The fraction of sp³-hybridized carbons (Fsp3) is 0.344. The summed E-state index contributed by atoms with van der Waals surface area (Å²) in [7, 11) is -0.195. The van der Waals surface area contributed by atoms with Crippen LogP contribution in [0.15, 0.2) is 94.1 Å². The summed E-state index contributed by atoms with van der Waals surface area (Å²) in [6, 6.07) is 25.4. The van der Waals surface area contributed by atoms with Crippen LogP contribution in [0.25, 0.3) is 11.3 Å². The van der Waals surface area contributed by atoms with E-state index >= 15 is 0 Å². The standard InChI is InChI=1S/C32H37N3O4S2/c1-38-22-6-19-35-31(24-40-32(35)33-28-11-13-29(39-2)14-12-28)27-9-15-30(16-10-27)41(36,37)34-20-17-26(18-21-34)23-25-7-4-3-5-8-25/h3-5,7-16,24,26H,6,17-23H2,1-2H3. The molecule has 3 aromatic carbocycles. The van der Waals surface area contributed by atoms with Gasteiger partial charge in [-0.25, -0.2) is 13.4 Å². The fourth-order valence-corrected chi connectivity index (χ4v) is 7.67. The largest absolute Gasteiger partial charge is 0.497 e. The van der Waals surface area contributed by atoms with Crippen LogP contribution in [0.4, 0.5) is 5.69 Å². The molecule has 9 heteroatoms. The van der Waals surface area contributed by atoms with Gasteiger partial charge in [-0.2, -0.15) is 4.31 Å². The summed E-state index contributed by atoms with van der Waals surface area (Å²) in [5.74, 6) is 1.30. The molecule has 216 valence electrons. The van der Waals surface area contributed by atoms with Crippen LogP contribution in [-0.2, 0) is 27.7 Å². The van der Waals surface area contributed by atoms with Gasteiger partial charge in [0.05, 0.1) is 23.4 Å². The monoisotopic (exact) mass is 591 g/mol. The Morgan fingerprint density at radius 3 is 2.29 bits per heavy atom. The van der Waals surface area contributed by atoms with Crippen molar-refractivity contribution in [3.63, 3.8) is 0 Å². The molecule has 7 nitrogen and oxygen atoms in total. The van der Waals surface area contributed by atoms with Crippen LogP contribution in [-0.4, -0.2) is 51.2 Å². The molecule has 4 aromatic rings. The van der Waals surface area contributed by atoms with Crippen molar-refractivity contribution in [3.05, 3.63) is 94.6 Å². The van der Waals surface area contributed by atoms with E-state index in [0.29, 0.717) is 30.5 Å². The minimum absolute atomic E-state index is 0.340. The van der Waals surface area contributed by atoms with Gasteiger partial charge in [-0.05, 0) is 79.1 Å². The molecular weight excluding hydrogens is 555 g/mol. The van der Waals surface area contributed by atoms with Gasteiger partial charge in [-0.1, -0.05) is 42.5 Å². The van der Waals surface area contributed by atoms with Crippen LogP contribution in [0.1, 0.15) is 24.8 Å². The highest BCUT2D eigenvalue weighted by Crippen LogP contribution is 2.28. The van der Waals surface area contributed by atoms with Gasteiger partial charge in [0.25, 0.3) is 0 Å². The molecule has 0 bridgehead atoms. The summed E-state index contributed by atoms with van der Waals surface area (Å²) < 4.78 is 41.3. The van der Waals surface area contributed by atoms with Gasteiger partial charge in [0.15, 0.2) is 4.80 Å². The lowest BCUT2D eigenvalue weighted by Gasteiger charge is -2.31. The van der Waals surface area contributed by atoms with Crippen LogP contribution in [0.2, 0.25) is 0 Å². The van der Waals surface area contributed by atoms with Crippen molar-refractivity contribution >= 4 is 27.0 Å². The third-order valence-electron chi connectivity index (χ3n) is 7.55. The third kappa shape index (κ3) is 7.16. The number of piperidine rings is 1. The maximum Gasteiger partial charge on any atom is 0.243 e. The minimum atomic E-state index is -3.54. The van der Waals surface area contributed by atoms with Gasteiger partial charge in [0.1, 0.15) is 5.75 Å². The lowest BCUT2D eigenvalue weighted by atomic mass is 9.91. The lowest BCUT2D eigenvalue weighted by molar-refractivity contribution is 0.190. The Labute approximate surface area is 246 Å². The highest BCUT2D eigenvalue weighted by Gasteiger charge is 2.29. The Bertz CT molecular complexity index is 1570. The van der Waals surface area contributed by atoms with E-state index in [4.69, 9.17) is 14.5 Å². The van der Waals surface area contributed by atoms with E-state index in [9.17, 15) is 8.42 Å². The van der Waals surface area contributed by atoms with Crippen LogP contribution in [0, 0.1) is 5.92 Å². The molecule has 0 radical (unpaired) electrons. The van der Waals surface area contributed by atoms with Crippen molar-refractivity contribution in [2.45, 2.75) is 37.1 Å². The SMILES string of the molecule is COCCCn1c(-c2ccc(S(=O)(=O)N3CCC(Cc4ccccc4)CC3)cc2)csc1=Nc1ccc(OC)cc1. The topological polar surface area (TPSA) is 73.1 Å². The van der Waals surface area contributed by atoms with Gasteiger partial charge in [-0.15, -0.1) is 11.3 Å². The van der Waals surface area contributed by atoms with E-state index in [1.807, 2.05) is 42.5 Å². The second-order valence-electron chi connectivity index (χ2n) is 10.3. The first-order valence-electron chi connectivity index (χ1n) is 14.0. The molecular formula is C32H37N3O4S2. The molecule has 1 aliphatic heterocycles. The van der Waals surface area contributed by atoms with Gasteiger partial charge in [0, 0.05) is 38.7 Å². The Balaban J connectivity index is 1.32. The summed E-state index contributed by atoms with van der Waals surface area (Å²) in [6.45, 7) is 2.49. The van der Waals surface area contributed by atoms with Gasteiger partial charge in [0.2, 0.25) is 10.0 Å². The molecule has 2 heterocycles. The fourth-order valence-electron chi connectivity index (χ4n) is 5.25. The molecule has 1 aliphatic rings. The maximum absolute atomic E-state index is 13.5. The third-order valence-corrected chi connectivity index (χ3v) is 10.3. The number of ether oxygens (including phenoxy) is 2. The van der Waals surface area contributed by atoms with Crippen molar-refractivity contribution in [1.29, 1.82) is 0 Å². The molecule has 0 spiro atoms. The number of rotatable bonds is 11. The molecule has 0 amide bonds. The van der Waals surface area contributed by atoms with Crippen LogP contribution in [0.5, 0.6) is 5.75 Å². The first-order valence-corrected chi connectivity index (χ1v) is 16.3. The number of sulfonamides is 1. The minimum Gasteiger partial charge on any atom is -0.497 e. The summed E-state index contributed by atoms with van der Waals surface area (Å²) in [4.78, 5) is 6.09. The predicted molar refractivity (Wildman–Crippen MR) is 164 cm³/mol. The van der Waals surface area contributed by atoms with Gasteiger partial charge < -0.3 is 14.0 Å². The normalized spacial score (nSPS) is 15.3. The Kier molecular flexibility index (Phi) is 9.72. The molecule has 0 unspecified atom stereocenters. The van der Waals surface area contributed by atoms with E-state index < -0.39 is 10.0 Å². The van der Waals surface area contributed by atoms with E-state index in [1.165, 1.54) is 5.56 Å². The molecule has 1 aromatic heterocycles. The molecule has 1 saturated heterocycles. The van der Waals surface area contributed by atoms with E-state index in [2.05, 4.69) is 34.2 Å². The van der Waals surface area contributed by atoms with Crippen molar-refractivity contribution < 1.29 is 17.9 Å². The Hall–Kier alpha value is -3.24. The number of benzene rings is 3. The van der Waals surface area contributed by atoms with Crippen molar-refractivity contribution in [3.8, 4) is 17.0 Å². The molecule has 5 rings (SSSR count). The summed E-state index contributed by atoms with van der Waals surface area (Å²) >= 11 is 1.56. The number of nitrogens with zero attached hydrogens (tertiary/aromatic N) is 3. The summed E-state index contributed by atoms with van der Waals surface area (Å²) in [6.07, 6.45) is 3.59. The predicted octanol–water partition coefficient (Wildman–Crippen LogP) is 6.14. The first-order chi connectivity index (χ1) is 20.0. The zero-order valence-corrected chi connectivity index (χ0v) is 25.2. The number of aromatic nitrogens is 1. The van der Waals surface area contributed by atoms with Gasteiger partial charge in [-0.3, -0.25) is 0 Å². The zero-order valence-electron chi connectivity index (χ0n) is 23.6. The second kappa shape index (κ2) is 13.6. The average Bonchev–Trinajstić information content (AvgIpc) is 3.40. The molecule has 0 atom stereocenters. The Morgan fingerprint density at radius 1 is 0.927 bits per heavy atom. The smallest absolute Gasteiger partial charge is 0.243 e. The highest BCUT2D eigenvalue weighted by atomic mass is 32.2. The number of methoxy groups -OCH3 is 2. The number of hydrogen-bond acceptors (Lipinski definition) is 6. The summed E-state index contributed by atoms with van der Waals surface area (Å²) in [5.41, 5.74) is 4.12. The average molecular weight is 592 g/mol. The molecule has 0 saturated carbocycles. The number of hydrogen-bond donors (Lipinski definition) is 0. The highest BCUT2D eigenvalue weighted by molar-refractivity contribution is 7.89. The zero-order chi connectivity index (χ0) is 28.7. The van der Waals surface area contributed by atoms with Crippen LogP contribution < -0.4 is 9.54 Å². The molecule has 1 fully saturated rings. The Morgan fingerprint density at radius 2 is 1.63 bits per heavy atom. The van der Waals surface area contributed by atoms with Crippen molar-refractivity contribution in [2.24, 2.45) is 10.9 Å². The molecule has 0 aliphatic carbocycles. The van der Waals surface area contributed by atoms with Crippen molar-refractivity contribution in [1.82, 2.24) is 8.87 Å². The lowest BCUT2D eigenvalue weighted by Crippen LogP contribution is -2.38. The molecule has 0 N–H and O–H groups in total. The quantitative estimate of drug-likeness (QED) is 0.197. The first kappa shape index (κ1) is 29.3. The number of thiazole rings is 1. The molecule has 41 heavy (non-hydrogen) atoms. The van der Waals surface area contributed by atoms with E-state index in [-0.39, 0.29) is 0 Å². The maximum atomic E-state index is 13.5.